The Morgan fingerprint density at radius 1 is 1.10 bits per heavy atom. The van der Waals surface area contributed by atoms with E-state index in [-0.39, 0.29) is 17.1 Å². The maximum Gasteiger partial charge on any atom is 0.307 e. The number of benzene rings is 2. The Kier molecular flexibility index (Phi) is 6.13. The number of ketones is 1. The number of carbonyl (C=O) groups is 2. The summed E-state index contributed by atoms with van der Waals surface area (Å²) in [5.74, 6) is -0.745. The molecular weight excluding hydrogens is 412 g/mol. The van der Waals surface area contributed by atoms with E-state index < -0.39 is 12.1 Å². The average molecular weight is 435 g/mol. The largest absolute Gasteiger partial charge is 0.449 e. The molecule has 0 fully saturated rings. The smallest absolute Gasteiger partial charge is 0.307 e. The number of thiazole rings is 1. The minimum absolute atomic E-state index is 0.0393. The molecule has 0 spiro atoms. The van der Waals surface area contributed by atoms with Crippen LogP contribution in [0.1, 0.15) is 40.6 Å². The lowest BCUT2D eigenvalue weighted by molar-refractivity contribution is -0.147. The van der Waals surface area contributed by atoms with Gasteiger partial charge >= 0.3 is 10.8 Å². The molecule has 0 saturated carbocycles. The van der Waals surface area contributed by atoms with Gasteiger partial charge in [0.25, 0.3) is 0 Å². The molecule has 2 heterocycles. The Labute approximate surface area is 183 Å². The van der Waals surface area contributed by atoms with E-state index in [1.807, 2.05) is 49.4 Å². The van der Waals surface area contributed by atoms with Crippen molar-refractivity contribution in [3.63, 3.8) is 0 Å². The van der Waals surface area contributed by atoms with Crippen LogP contribution in [-0.2, 0) is 16.1 Å². The van der Waals surface area contributed by atoms with Crippen molar-refractivity contribution in [1.82, 2.24) is 9.55 Å². The van der Waals surface area contributed by atoms with Crippen LogP contribution in [0.5, 0.6) is 0 Å². The summed E-state index contributed by atoms with van der Waals surface area (Å²) < 4.78 is 7.31. The van der Waals surface area contributed by atoms with Gasteiger partial charge in [-0.2, -0.15) is 0 Å². The summed E-state index contributed by atoms with van der Waals surface area (Å²) in [6, 6.07) is 16.5. The minimum atomic E-state index is -1.03. The summed E-state index contributed by atoms with van der Waals surface area (Å²) in [6.45, 7) is 2.30. The highest BCUT2D eigenvalue weighted by Gasteiger charge is 2.28. The van der Waals surface area contributed by atoms with Crippen molar-refractivity contribution < 1.29 is 14.3 Å². The number of fused-ring (bicyclic) bond motifs is 1. The molecule has 2 aromatic carbocycles. The van der Waals surface area contributed by atoms with Gasteiger partial charge in [-0.15, -0.1) is 0 Å². The number of H-pyrrole nitrogens is 1. The summed E-state index contributed by atoms with van der Waals surface area (Å²) in [4.78, 5) is 40.8. The molecule has 0 bridgehead atoms. The Hall–Kier alpha value is -3.45. The van der Waals surface area contributed by atoms with Crippen LogP contribution < -0.4 is 4.87 Å². The molecule has 0 amide bonds. The van der Waals surface area contributed by atoms with Crippen molar-refractivity contribution in [3.05, 3.63) is 92.7 Å². The van der Waals surface area contributed by atoms with Gasteiger partial charge in [0.05, 0.1) is 0 Å². The van der Waals surface area contributed by atoms with E-state index in [2.05, 4.69) is 4.98 Å². The molecule has 31 heavy (non-hydrogen) atoms. The average Bonchev–Trinajstić information content (AvgIpc) is 3.36. The highest BCUT2D eigenvalue weighted by atomic mass is 32.1. The monoisotopic (exact) mass is 434 g/mol. The first-order valence-corrected chi connectivity index (χ1v) is 10.9. The van der Waals surface area contributed by atoms with Crippen LogP contribution in [0.15, 0.2) is 71.0 Å². The molecule has 0 radical (unpaired) electrons. The summed E-state index contributed by atoms with van der Waals surface area (Å²) in [5.41, 5.74) is 2.83. The zero-order valence-electron chi connectivity index (χ0n) is 17.0. The van der Waals surface area contributed by atoms with Gasteiger partial charge in [0.15, 0.2) is 6.10 Å². The third kappa shape index (κ3) is 4.51. The van der Waals surface area contributed by atoms with E-state index >= 15 is 0 Å². The molecule has 0 saturated heterocycles. The van der Waals surface area contributed by atoms with E-state index in [9.17, 15) is 14.4 Å². The summed E-state index contributed by atoms with van der Waals surface area (Å²) in [5, 5.41) is 2.59. The summed E-state index contributed by atoms with van der Waals surface area (Å²) in [6.07, 6.45) is 1.20. The third-order valence-corrected chi connectivity index (χ3v) is 6.06. The summed E-state index contributed by atoms with van der Waals surface area (Å²) in [7, 11) is 0. The van der Waals surface area contributed by atoms with Crippen LogP contribution >= 0.6 is 11.3 Å². The van der Waals surface area contributed by atoms with Gasteiger partial charge in [-0.1, -0.05) is 59.9 Å². The number of para-hydroxylation sites is 1. The SMILES string of the molecule is Cc1csc(=O)n1CCCC(=O)O[C@@H](C(=O)c1c[nH]c2ccccc12)c1ccccc1. The van der Waals surface area contributed by atoms with Gasteiger partial charge in [-0.25, -0.2) is 0 Å². The van der Waals surface area contributed by atoms with Crippen LogP contribution in [0.4, 0.5) is 0 Å². The number of hydrogen-bond donors (Lipinski definition) is 1. The van der Waals surface area contributed by atoms with E-state index in [1.54, 1.807) is 28.3 Å². The fraction of sp³-hybridized carbons (Fsp3) is 0.208. The molecule has 0 aliphatic heterocycles. The number of aromatic nitrogens is 2. The van der Waals surface area contributed by atoms with Crippen LogP contribution in [0.3, 0.4) is 0 Å². The lowest BCUT2D eigenvalue weighted by Gasteiger charge is -2.17. The molecule has 0 aliphatic rings. The number of esters is 1. The number of hydrogen-bond acceptors (Lipinski definition) is 5. The number of Topliss-reactive ketones (excluding diaryl/α,β-unsaturated/α-hetero) is 1. The molecule has 2 aromatic heterocycles. The molecule has 1 atom stereocenters. The van der Waals surface area contributed by atoms with Gasteiger partial charge in [-0.05, 0) is 19.4 Å². The van der Waals surface area contributed by atoms with Crippen LogP contribution in [-0.4, -0.2) is 21.3 Å². The van der Waals surface area contributed by atoms with Gasteiger partial charge < -0.3 is 14.3 Å². The fourth-order valence-electron chi connectivity index (χ4n) is 3.56. The van der Waals surface area contributed by atoms with Gasteiger partial charge in [0.1, 0.15) is 0 Å². The number of ether oxygens (including phenoxy) is 1. The molecule has 6 nitrogen and oxygen atoms in total. The summed E-state index contributed by atoms with van der Waals surface area (Å²) >= 11 is 1.14. The van der Waals surface area contributed by atoms with Crippen molar-refractivity contribution >= 4 is 34.0 Å². The minimum Gasteiger partial charge on any atom is -0.449 e. The van der Waals surface area contributed by atoms with Crippen LogP contribution in [0.25, 0.3) is 10.9 Å². The van der Waals surface area contributed by atoms with E-state index in [4.69, 9.17) is 4.74 Å². The van der Waals surface area contributed by atoms with Crippen LogP contribution in [0.2, 0.25) is 0 Å². The lowest BCUT2D eigenvalue weighted by atomic mass is 9.99. The zero-order valence-corrected chi connectivity index (χ0v) is 17.9. The quantitative estimate of drug-likeness (QED) is 0.323. The second kappa shape index (κ2) is 9.14. The van der Waals surface area contributed by atoms with E-state index in [0.717, 1.165) is 27.9 Å². The third-order valence-electron chi connectivity index (χ3n) is 5.18. The molecule has 4 aromatic rings. The second-order valence-corrected chi connectivity index (χ2v) is 8.11. The standard InChI is InChI=1S/C24H22N2O4S/c1-16-15-31-24(29)26(16)13-7-12-21(27)30-23(17-8-3-2-4-9-17)22(28)19-14-25-20-11-6-5-10-18(19)20/h2-6,8-11,14-15,23,25H,7,12-13H2,1H3/t23-/m1/s1. The molecule has 0 aliphatic carbocycles. The second-order valence-electron chi connectivity index (χ2n) is 7.29. The Morgan fingerprint density at radius 3 is 2.58 bits per heavy atom. The molecule has 158 valence electrons. The van der Waals surface area contributed by atoms with Crippen LogP contribution in [0, 0.1) is 6.92 Å². The number of aryl methyl sites for hydroxylation is 1. The van der Waals surface area contributed by atoms with Crippen molar-refractivity contribution in [2.24, 2.45) is 0 Å². The lowest BCUT2D eigenvalue weighted by Crippen LogP contribution is -2.21. The maximum atomic E-state index is 13.4. The predicted molar refractivity (Wildman–Crippen MR) is 120 cm³/mol. The normalized spacial score (nSPS) is 12.0. The number of nitrogens with one attached hydrogen (secondary N) is 1. The zero-order chi connectivity index (χ0) is 21.8. The molecule has 4 rings (SSSR count). The number of rotatable bonds is 8. The van der Waals surface area contributed by atoms with E-state index in [1.165, 1.54) is 0 Å². The highest BCUT2D eigenvalue weighted by Crippen LogP contribution is 2.27. The van der Waals surface area contributed by atoms with Crippen molar-refractivity contribution in [2.75, 3.05) is 0 Å². The Balaban J connectivity index is 1.51. The molecule has 0 unspecified atom stereocenters. The maximum absolute atomic E-state index is 13.4. The van der Waals surface area contributed by atoms with Crippen molar-refractivity contribution in [2.45, 2.75) is 32.4 Å². The fourth-order valence-corrected chi connectivity index (χ4v) is 4.32. The first kappa shape index (κ1) is 20.8. The van der Waals surface area contributed by atoms with Gasteiger partial charge in [0, 0.05) is 52.3 Å². The number of carbonyl (C=O) groups excluding carboxylic acids is 2. The first-order chi connectivity index (χ1) is 15.0. The van der Waals surface area contributed by atoms with E-state index in [0.29, 0.717) is 24.1 Å². The van der Waals surface area contributed by atoms with Gasteiger partial charge in [0.2, 0.25) is 5.78 Å². The highest BCUT2D eigenvalue weighted by molar-refractivity contribution is 7.07. The number of aromatic amines is 1. The number of nitrogens with zero attached hydrogens (tertiary/aromatic N) is 1. The first-order valence-electron chi connectivity index (χ1n) is 10.0. The van der Waals surface area contributed by atoms with Crippen molar-refractivity contribution in [1.29, 1.82) is 0 Å². The Bertz CT molecular complexity index is 1270. The van der Waals surface area contributed by atoms with Gasteiger partial charge in [-0.3, -0.25) is 14.4 Å². The van der Waals surface area contributed by atoms with Crippen molar-refractivity contribution in [3.8, 4) is 0 Å². The topological polar surface area (TPSA) is 81.2 Å². The molecule has 7 heteroatoms. The predicted octanol–water partition coefficient (Wildman–Crippen LogP) is 4.65. The molecule has 1 N–H and O–H groups in total. The molecular formula is C24H22N2O4S. The Morgan fingerprint density at radius 2 is 1.84 bits per heavy atom.